The fourth-order valence-electron chi connectivity index (χ4n) is 3.95. The number of hydrogen-bond acceptors (Lipinski definition) is 2. The normalized spacial score (nSPS) is 20.3. The monoisotopic (exact) mass is 409 g/mol. The molecule has 27 heavy (non-hydrogen) atoms. The SMILES string of the molecule is [B]C(CCCC)(CCCC1CCCCN1Cc1ccc(Cl)c(Cl)c1)C(=O)O. The maximum absolute atomic E-state index is 11.6. The van der Waals surface area contributed by atoms with Gasteiger partial charge in [-0.25, -0.2) is 0 Å². The molecular weight excluding hydrogens is 380 g/mol. The predicted octanol–water partition coefficient (Wildman–Crippen LogP) is 6.12. The summed E-state index contributed by atoms with van der Waals surface area (Å²) in [4.78, 5) is 14.1. The Morgan fingerprint density at radius 2 is 2.00 bits per heavy atom. The molecule has 1 aliphatic rings. The van der Waals surface area contributed by atoms with Crippen molar-refractivity contribution in [3.8, 4) is 0 Å². The molecule has 0 saturated carbocycles. The second-order valence-corrected chi connectivity index (χ2v) is 8.64. The van der Waals surface area contributed by atoms with E-state index in [0.717, 1.165) is 50.8 Å². The minimum atomic E-state index is -1.08. The first-order chi connectivity index (χ1) is 12.9. The number of carboxylic acid groups (broad SMARTS) is 1. The quantitative estimate of drug-likeness (QED) is 0.473. The fourth-order valence-corrected chi connectivity index (χ4v) is 4.27. The van der Waals surface area contributed by atoms with Crippen LogP contribution in [0.2, 0.25) is 15.4 Å². The van der Waals surface area contributed by atoms with Gasteiger partial charge in [0.25, 0.3) is 0 Å². The molecule has 0 bridgehead atoms. The highest BCUT2D eigenvalue weighted by atomic mass is 35.5. The number of unbranched alkanes of at least 4 members (excludes halogenated alkanes) is 1. The molecule has 2 radical (unpaired) electrons. The second-order valence-electron chi connectivity index (χ2n) is 7.83. The first kappa shape index (κ1) is 22.6. The molecule has 148 valence electrons. The van der Waals surface area contributed by atoms with Crippen LogP contribution >= 0.6 is 23.2 Å². The summed E-state index contributed by atoms with van der Waals surface area (Å²) in [5.74, 6) is -0.868. The van der Waals surface area contributed by atoms with E-state index in [1.165, 1.54) is 12.8 Å². The zero-order valence-corrected chi connectivity index (χ0v) is 17.7. The first-order valence-electron chi connectivity index (χ1n) is 10.1. The highest BCUT2D eigenvalue weighted by molar-refractivity contribution is 6.42. The Balaban J connectivity index is 1.92. The van der Waals surface area contributed by atoms with Crippen LogP contribution in [-0.4, -0.2) is 36.4 Å². The molecule has 0 amide bonds. The molecule has 1 saturated heterocycles. The van der Waals surface area contributed by atoms with Gasteiger partial charge in [-0.1, -0.05) is 61.9 Å². The van der Waals surface area contributed by atoms with E-state index in [4.69, 9.17) is 31.0 Å². The lowest BCUT2D eigenvalue weighted by molar-refractivity contribution is -0.141. The number of hydrogen-bond donors (Lipinski definition) is 1. The van der Waals surface area contributed by atoms with Crippen molar-refractivity contribution in [1.82, 2.24) is 4.90 Å². The Bertz CT molecular complexity index is 628. The van der Waals surface area contributed by atoms with Crippen LogP contribution in [-0.2, 0) is 11.3 Å². The van der Waals surface area contributed by atoms with Gasteiger partial charge < -0.3 is 5.11 Å². The maximum Gasteiger partial charge on any atom is 0.300 e. The van der Waals surface area contributed by atoms with Gasteiger partial charge in [0, 0.05) is 17.9 Å². The minimum absolute atomic E-state index is 0.470. The standard InChI is InChI=1S/C21H30BCl2NO2/c1-2-3-11-21(22,20(26)27)12-6-8-17-7-4-5-13-25(17)15-16-9-10-18(23)19(24)14-16/h9-10,14,17H,2-8,11-13,15H2,1H3,(H,26,27). The highest BCUT2D eigenvalue weighted by Crippen LogP contribution is 2.36. The van der Waals surface area contributed by atoms with E-state index in [1.807, 2.05) is 18.2 Å². The molecule has 1 aromatic carbocycles. The summed E-state index contributed by atoms with van der Waals surface area (Å²) < 4.78 is 0. The van der Waals surface area contributed by atoms with Crippen molar-refractivity contribution in [2.24, 2.45) is 0 Å². The number of aliphatic carboxylic acids is 1. The van der Waals surface area contributed by atoms with Gasteiger partial charge in [0.2, 0.25) is 0 Å². The summed E-state index contributed by atoms with van der Waals surface area (Å²) in [5, 5.41) is 9.62. The zero-order valence-electron chi connectivity index (χ0n) is 16.2. The molecule has 2 rings (SSSR count). The van der Waals surface area contributed by atoms with E-state index in [1.54, 1.807) is 0 Å². The number of halogens is 2. The van der Waals surface area contributed by atoms with Crippen LogP contribution in [0.25, 0.3) is 0 Å². The average Bonchev–Trinajstić information content (AvgIpc) is 2.64. The molecule has 1 aromatic rings. The molecule has 1 fully saturated rings. The first-order valence-corrected chi connectivity index (χ1v) is 10.8. The summed E-state index contributed by atoms with van der Waals surface area (Å²) in [7, 11) is 6.19. The Morgan fingerprint density at radius 3 is 2.67 bits per heavy atom. The van der Waals surface area contributed by atoms with E-state index >= 15 is 0 Å². The number of nitrogens with zero attached hydrogens (tertiary/aromatic N) is 1. The number of likely N-dealkylation sites (tertiary alicyclic amines) is 1. The molecule has 0 aliphatic carbocycles. The molecule has 1 aliphatic heterocycles. The molecule has 2 atom stereocenters. The van der Waals surface area contributed by atoms with Crippen molar-refractivity contribution in [3.63, 3.8) is 0 Å². The van der Waals surface area contributed by atoms with Crippen molar-refractivity contribution in [2.75, 3.05) is 6.54 Å². The summed E-state index contributed by atoms with van der Waals surface area (Å²) in [6.45, 7) is 3.97. The second kappa shape index (κ2) is 10.7. The van der Waals surface area contributed by atoms with Gasteiger partial charge in [-0.05, 0) is 56.3 Å². The van der Waals surface area contributed by atoms with Crippen LogP contribution in [0.1, 0.15) is 70.3 Å². The Kier molecular flexibility index (Phi) is 8.98. The number of rotatable bonds is 10. The van der Waals surface area contributed by atoms with Crippen LogP contribution in [0.15, 0.2) is 18.2 Å². The molecule has 6 heteroatoms. The fraction of sp³-hybridized carbons (Fsp3) is 0.667. The molecular formula is C21H30BCl2NO2. The Morgan fingerprint density at radius 1 is 1.26 bits per heavy atom. The molecule has 0 spiro atoms. The highest BCUT2D eigenvalue weighted by Gasteiger charge is 2.32. The molecule has 3 nitrogen and oxygen atoms in total. The summed E-state index contributed by atoms with van der Waals surface area (Å²) in [5.41, 5.74) is 1.16. The van der Waals surface area contributed by atoms with Crippen LogP contribution in [0.3, 0.4) is 0 Å². The topological polar surface area (TPSA) is 40.5 Å². The van der Waals surface area contributed by atoms with Crippen molar-refractivity contribution in [2.45, 2.75) is 82.6 Å². The minimum Gasteiger partial charge on any atom is -0.481 e. The van der Waals surface area contributed by atoms with Gasteiger partial charge >= 0.3 is 5.97 Å². The van der Waals surface area contributed by atoms with E-state index < -0.39 is 11.3 Å². The lowest BCUT2D eigenvalue weighted by Crippen LogP contribution is -2.39. The van der Waals surface area contributed by atoms with Crippen LogP contribution in [0.4, 0.5) is 0 Å². The number of carboxylic acids is 1. The van der Waals surface area contributed by atoms with Gasteiger partial charge in [-0.15, -0.1) is 0 Å². The number of benzene rings is 1. The third-order valence-electron chi connectivity index (χ3n) is 5.68. The molecule has 0 aromatic heterocycles. The van der Waals surface area contributed by atoms with E-state index in [0.29, 0.717) is 28.9 Å². The molecule has 2 unspecified atom stereocenters. The van der Waals surface area contributed by atoms with Gasteiger partial charge in [0.1, 0.15) is 0 Å². The number of carbonyl (C=O) groups is 1. The van der Waals surface area contributed by atoms with E-state index in [-0.39, 0.29) is 0 Å². The van der Waals surface area contributed by atoms with E-state index in [9.17, 15) is 9.90 Å². The van der Waals surface area contributed by atoms with Gasteiger partial charge in [-0.2, -0.15) is 0 Å². The van der Waals surface area contributed by atoms with Crippen LogP contribution < -0.4 is 0 Å². The lowest BCUT2D eigenvalue weighted by Gasteiger charge is -2.36. The predicted molar refractivity (Wildman–Crippen MR) is 114 cm³/mol. The van der Waals surface area contributed by atoms with Crippen molar-refractivity contribution < 1.29 is 9.90 Å². The van der Waals surface area contributed by atoms with Gasteiger partial charge in [-0.3, -0.25) is 9.69 Å². The van der Waals surface area contributed by atoms with Crippen LogP contribution in [0.5, 0.6) is 0 Å². The summed E-state index contributed by atoms with van der Waals surface area (Å²) >= 11 is 12.2. The summed E-state index contributed by atoms with van der Waals surface area (Å²) in [6, 6.07) is 6.29. The van der Waals surface area contributed by atoms with Crippen molar-refractivity contribution in [3.05, 3.63) is 33.8 Å². The van der Waals surface area contributed by atoms with Crippen LogP contribution in [0, 0.1) is 0 Å². The number of piperidine rings is 1. The zero-order chi connectivity index (χ0) is 19.9. The summed E-state index contributed by atoms with van der Waals surface area (Å²) in [6.07, 6.45) is 8.32. The van der Waals surface area contributed by atoms with Gasteiger partial charge in [0.05, 0.1) is 17.9 Å². The van der Waals surface area contributed by atoms with Gasteiger partial charge in [0.15, 0.2) is 0 Å². The largest absolute Gasteiger partial charge is 0.481 e. The lowest BCUT2D eigenvalue weighted by atomic mass is 9.62. The third kappa shape index (κ3) is 6.69. The Labute approximate surface area is 174 Å². The molecule has 1 N–H and O–H groups in total. The van der Waals surface area contributed by atoms with Crippen molar-refractivity contribution in [1.29, 1.82) is 0 Å². The Hall–Kier alpha value is -0.705. The average molecular weight is 410 g/mol. The van der Waals surface area contributed by atoms with E-state index in [2.05, 4.69) is 11.8 Å². The third-order valence-corrected chi connectivity index (χ3v) is 6.42. The molecule has 1 heterocycles. The smallest absolute Gasteiger partial charge is 0.300 e. The maximum atomic E-state index is 11.6. The van der Waals surface area contributed by atoms with Crippen molar-refractivity contribution >= 4 is 37.0 Å².